The Kier molecular flexibility index (Phi) is 3.98. The molecule has 1 aliphatic carbocycles. The molecule has 0 heterocycles. The zero-order chi connectivity index (χ0) is 13.9. The van der Waals surface area contributed by atoms with E-state index >= 15 is 0 Å². The minimum atomic E-state index is -0.544. The second-order valence-corrected chi connectivity index (χ2v) is 5.08. The van der Waals surface area contributed by atoms with E-state index < -0.39 is 5.41 Å². The summed E-state index contributed by atoms with van der Waals surface area (Å²) < 4.78 is 10.5. The number of hydrogen-bond donors (Lipinski definition) is 1. The number of ether oxygens (including phenoxy) is 2. The first-order chi connectivity index (χ1) is 9.14. The van der Waals surface area contributed by atoms with E-state index in [1.165, 1.54) is 6.42 Å². The van der Waals surface area contributed by atoms with Crippen molar-refractivity contribution in [3.8, 4) is 11.5 Å². The molecule has 2 rings (SSSR count). The molecule has 1 aromatic rings. The van der Waals surface area contributed by atoms with Crippen molar-refractivity contribution in [3.63, 3.8) is 0 Å². The summed E-state index contributed by atoms with van der Waals surface area (Å²) >= 11 is 0. The van der Waals surface area contributed by atoms with Crippen LogP contribution in [-0.2, 0) is 10.2 Å². The van der Waals surface area contributed by atoms with Crippen LogP contribution < -0.4 is 15.2 Å². The molecule has 1 amide bonds. The molecule has 0 atom stereocenters. The van der Waals surface area contributed by atoms with Crippen molar-refractivity contribution in [2.45, 2.75) is 37.5 Å². The summed E-state index contributed by atoms with van der Waals surface area (Å²) in [4.78, 5) is 12.0. The molecule has 1 fully saturated rings. The molecule has 0 unspecified atom stereocenters. The third-order valence-electron chi connectivity index (χ3n) is 4.11. The Bertz CT molecular complexity index is 464. The Hall–Kier alpha value is -1.71. The van der Waals surface area contributed by atoms with Crippen LogP contribution in [0, 0.1) is 0 Å². The van der Waals surface area contributed by atoms with Crippen LogP contribution in [0.15, 0.2) is 18.2 Å². The first kappa shape index (κ1) is 13.7. The minimum Gasteiger partial charge on any atom is -0.493 e. The molecule has 0 radical (unpaired) electrons. The topological polar surface area (TPSA) is 61.5 Å². The van der Waals surface area contributed by atoms with Crippen molar-refractivity contribution in [2.75, 3.05) is 14.2 Å². The van der Waals surface area contributed by atoms with Crippen LogP contribution in [0.25, 0.3) is 0 Å². The maximum Gasteiger partial charge on any atom is 0.228 e. The molecule has 0 bridgehead atoms. The smallest absolute Gasteiger partial charge is 0.228 e. The molecule has 4 nitrogen and oxygen atoms in total. The lowest BCUT2D eigenvalue weighted by Crippen LogP contribution is -2.42. The van der Waals surface area contributed by atoms with Crippen molar-refractivity contribution in [2.24, 2.45) is 5.73 Å². The third kappa shape index (κ3) is 2.39. The van der Waals surface area contributed by atoms with Gasteiger partial charge in [-0.2, -0.15) is 0 Å². The van der Waals surface area contributed by atoms with Gasteiger partial charge in [-0.15, -0.1) is 0 Å². The van der Waals surface area contributed by atoms with Gasteiger partial charge in [0.2, 0.25) is 5.91 Å². The monoisotopic (exact) mass is 263 g/mol. The maximum atomic E-state index is 12.0. The Balaban J connectivity index is 2.45. The Morgan fingerprint density at radius 2 is 1.74 bits per heavy atom. The predicted molar refractivity (Wildman–Crippen MR) is 73.5 cm³/mol. The molecule has 1 aromatic carbocycles. The second-order valence-electron chi connectivity index (χ2n) is 5.08. The molecule has 2 N–H and O–H groups in total. The van der Waals surface area contributed by atoms with Gasteiger partial charge in [0, 0.05) is 0 Å². The van der Waals surface area contributed by atoms with Gasteiger partial charge in [-0.1, -0.05) is 25.3 Å². The lowest BCUT2D eigenvalue weighted by molar-refractivity contribution is -0.124. The van der Waals surface area contributed by atoms with E-state index in [2.05, 4.69) is 0 Å². The Morgan fingerprint density at radius 1 is 1.11 bits per heavy atom. The third-order valence-corrected chi connectivity index (χ3v) is 4.11. The second kappa shape index (κ2) is 5.51. The number of primary amides is 1. The van der Waals surface area contributed by atoms with Gasteiger partial charge in [-0.25, -0.2) is 0 Å². The molecule has 0 aromatic heterocycles. The number of methoxy groups -OCH3 is 2. The average Bonchev–Trinajstić information content (AvgIpc) is 2.47. The van der Waals surface area contributed by atoms with Gasteiger partial charge in [0.15, 0.2) is 11.5 Å². The van der Waals surface area contributed by atoms with Crippen molar-refractivity contribution < 1.29 is 14.3 Å². The van der Waals surface area contributed by atoms with Crippen LogP contribution in [0.5, 0.6) is 11.5 Å². The highest BCUT2D eigenvalue weighted by Gasteiger charge is 2.39. The number of nitrogens with two attached hydrogens (primary N) is 1. The zero-order valence-corrected chi connectivity index (χ0v) is 11.6. The summed E-state index contributed by atoms with van der Waals surface area (Å²) in [7, 11) is 3.20. The van der Waals surface area contributed by atoms with Crippen molar-refractivity contribution in [3.05, 3.63) is 23.8 Å². The summed E-state index contributed by atoms with van der Waals surface area (Å²) in [6.45, 7) is 0. The number of rotatable bonds is 4. The highest BCUT2D eigenvalue weighted by molar-refractivity contribution is 5.87. The fourth-order valence-corrected chi connectivity index (χ4v) is 2.97. The van der Waals surface area contributed by atoms with E-state index in [1.54, 1.807) is 14.2 Å². The highest BCUT2D eigenvalue weighted by atomic mass is 16.5. The standard InChI is InChI=1S/C15H21NO3/c1-18-12-7-6-11(10-13(12)19-2)15(14(16)17)8-4-3-5-9-15/h6-7,10H,3-5,8-9H2,1-2H3,(H2,16,17). The molecular formula is C15H21NO3. The van der Waals surface area contributed by atoms with Gasteiger partial charge in [0.1, 0.15) is 0 Å². The lowest BCUT2D eigenvalue weighted by Gasteiger charge is -2.35. The first-order valence-corrected chi connectivity index (χ1v) is 6.66. The van der Waals surface area contributed by atoms with Crippen LogP contribution in [0.4, 0.5) is 0 Å². The summed E-state index contributed by atoms with van der Waals surface area (Å²) in [6.07, 6.45) is 4.88. The van der Waals surface area contributed by atoms with E-state index in [0.29, 0.717) is 11.5 Å². The van der Waals surface area contributed by atoms with Gasteiger partial charge in [-0.3, -0.25) is 4.79 Å². The van der Waals surface area contributed by atoms with Gasteiger partial charge in [0.25, 0.3) is 0 Å². The van der Waals surface area contributed by atoms with Gasteiger partial charge in [-0.05, 0) is 30.5 Å². The van der Waals surface area contributed by atoms with Gasteiger partial charge < -0.3 is 15.2 Å². The summed E-state index contributed by atoms with van der Waals surface area (Å²) in [6, 6.07) is 5.65. The van der Waals surface area contributed by atoms with E-state index in [0.717, 1.165) is 31.2 Å². The number of amides is 1. The van der Waals surface area contributed by atoms with Crippen LogP contribution in [0.3, 0.4) is 0 Å². The highest BCUT2D eigenvalue weighted by Crippen LogP contribution is 2.42. The first-order valence-electron chi connectivity index (χ1n) is 6.66. The fraction of sp³-hybridized carbons (Fsp3) is 0.533. The van der Waals surface area contributed by atoms with Crippen molar-refractivity contribution in [1.82, 2.24) is 0 Å². The van der Waals surface area contributed by atoms with Crippen LogP contribution >= 0.6 is 0 Å². The number of carbonyl (C=O) groups excluding carboxylic acids is 1. The molecule has 0 spiro atoms. The van der Waals surface area contributed by atoms with E-state index in [4.69, 9.17) is 15.2 Å². The average molecular weight is 263 g/mol. The van der Waals surface area contributed by atoms with E-state index in [1.807, 2.05) is 18.2 Å². The summed E-state index contributed by atoms with van der Waals surface area (Å²) in [5.74, 6) is 1.08. The van der Waals surface area contributed by atoms with E-state index in [9.17, 15) is 4.79 Å². The minimum absolute atomic E-state index is 0.237. The molecular weight excluding hydrogens is 242 g/mol. The maximum absolute atomic E-state index is 12.0. The fourth-order valence-electron chi connectivity index (χ4n) is 2.97. The van der Waals surface area contributed by atoms with Gasteiger partial charge in [0.05, 0.1) is 19.6 Å². The number of hydrogen-bond acceptors (Lipinski definition) is 3. The summed E-state index contributed by atoms with van der Waals surface area (Å²) in [5.41, 5.74) is 6.08. The zero-order valence-electron chi connectivity index (χ0n) is 11.6. The molecule has 1 saturated carbocycles. The van der Waals surface area contributed by atoms with E-state index in [-0.39, 0.29) is 5.91 Å². The normalized spacial score (nSPS) is 17.8. The predicted octanol–water partition coefficient (Wildman–Crippen LogP) is 2.39. The number of benzene rings is 1. The number of carbonyl (C=O) groups is 1. The quantitative estimate of drug-likeness (QED) is 0.907. The molecule has 19 heavy (non-hydrogen) atoms. The Morgan fingerprint density at radius 3 is 2.26 bits per heavy atom. The molecule has 104 valence electrons. The van der Waals surface area contributed by atoms with Crippen LogP contribution in [-0.4, -0.2) is 20.1 Å². The lowest BCUT2D eigenvalue weighted by atomic mass is 9.69. The Labute approximate surface area is 113 Å². The molecule has 0 aliphatic heterocycles. The van der Waals surface area contributed by atoms with Crippen molar-refractivity contribution in [1.29, 1.82) is 0 Å². The molecule has 4 heteroatoms. The molecule has 0 saturated heterocycles. The van der Waals surface area contributed by atoms with Gasteiger partial charge >= 0.3 is 0 Å². The molecule has 1 aliphatic rings. The SMILES string of the molecule is COc1ccc(C2(C(N)=O)CCCCC2)cc1OC. The van der Waals surface area contributed by atoms with Crippen LogP contribution in [0.1, 0.15) is 37.7 Å². The largest absolute Gasteiger partial charge is 0.493 e. The van der Waals surface area contributed by atoms with Crippen molar-refractivity contribution >= 4 is 5.91 Å². The summed E-state index contributed by atoms with van der Waals surface area (Å²) in [5, 5.41) is 0. The van der Waals surface area contributed by atoms with Crippen LogP contribution in [0.2, 0.25) is 0 Å².